The molecular weight excluding hydrogens is 405 g/mol. The van der Waals surface area contributed by atoms with E-state index in [0.29, 0.717) is 43.4 Å². The van der Waals surface area contributed by atoms with Gasteiger partial charge >= 0.3 is 0 Å². The van der Waals surface area contributed by atoms with E-state index in [1.165, 1.54) is 18.2 Å². The Morgan fingerprint density at radius 1 is 1.03 bits per heavy atom. The summed E-state index contributed by atoms with van der Waals surface area (Å²) in [5.41, 5.74) is 3.30. The number of halogens is 1. The maximum atomic E-state index is 13.7. The Morgan fingerprint density at radius 3 is 2.43 bits per heavy atom. The Labute approximate surface area is 178 Å². The SMILES string of the molecule is CCNC(=NCc1cc(F)ccc1CS(C)(=O)=O)NCc1ccccc1COCC. The van der Waals surface area contributed by atoms with Crippen molar-refractivity contribution in [3.63, 3.8) is 0 Å². The van der Waals surface area contributed by atoms with Crippen LogP contribution < -0.4 is 10.6 Å². The van der Waals surface area contributed by atoms with E-state index in [9.17, 15) is 12.8 Å². The van der Waals surface area contributed by atoms with Crippen molar-refractivity contribution in [3.05, 3.63) is 70.5 Å². The summed E-state index contributed by atoms with van der Waals surface area (Å²) in [6, 6.07) is 12.1. The van der Waals surface area contributed by atoms with Crippen molar-refractivity contribution in [2.75, 3.05) is 19.4 Å². The highest BCUT2D eigenvalue weighted by Crippen LogP contribution is 2.16. The fourth-order valence-corrected chi connectivity index (χ4v) is 3.78. The molecule has 2 rings (SSSR count). The Hall–Kier alpha value is -2.45. The van der Waals surface area contributed by atoms with Crippen molar-refractivity contribution in [1.82, 2.24) is 10.6 Å². The number of rotatable bonds is 10. The Morgan fingerprint density at radius 2 is 1.77 bits per heavy atom. The van der Waals surface area contributed by atoms with E-state index < -0.39 is 15.7 Å². The number of hydrogen-bond acceptors (Lipinski definition) is 4. The highest BCUT2D eigenvalue weighted by molar-refractivity contribution is 7.89. The average Bonchev–Trinajstić information content (AvgIpc) is 2.70. The van der Waals surface area contributed by atoms with Crippen LogP contribution in [0.5, 0.6) is 0 Å². The highest BCUT2D eigenvalue weighted by atomic mass is 32.2. The molecule has 0 spiro atoms. The molecule has 2 N–H and O–H groups in total. The topological polar surface area (TPSA) is 79.8 Å². The van der Waals surface area contributed by atoms with Gasteiger partial charge in [-0.25, -0.2) is 17.8 Å². The summed E-state index contributed by atoms with van der Waals surface area (Å²) in [5.74, 6) is 0.00550. The van der Waals surface area contributed by atoms with Gasteiger partial charge in [0.05, 0.1) is 18.9 Å². The van der Waals surface area contributed by atoms with E-state index in [1.807, 2.05) is 38.1 Å². The van der Waals surface area contributed by atoms with Crippen LogP contribution in [-0.4, -0.2) is 33.8 Å². The van der Waals surface area contributed by atoms with Gasteiger partial charge in [-0.15, -0.1) is 0 Å². The molecule has 0 aromatic heterocycles. The van der Waals surface area contributed by atoms with Crippen LogP contribution in [0.1, 0.15) is 36.1 Å². The van der Waals surface area contributed by atoms with Gasteiger partial charge in [-0.2, -0.15) is 0 Å². The number of sulfone groups is 1. The number of hydrogen-bond donors (Lipinski definition) is 2. The summed E-state index contributed by atoms with van der Waals surface area (Å²) in [5, 5.41) is 6.44. The van der Waals surface area contributed by atoms with Crippen LogP contribution in [0, 0.1) is 5.82 Å². The Bertz CT molecular complexity index is 962. The zero-order valence-electron chi connectivity index (χ0n) is 17.7. The molecule has 164 valence electrons. The zero-order chi connectivity index (χ0) is 22.0. The fourth-order valence-electron chi connectivity index (χ4n) is 2.93. The zero-order valence-corrected chi connectivity index (χ0v) is 18.6. The molecular formula is C22H30FN3O3S. The Kier molecular flexibility index (Phi) is 9.26. The molecule has 0 fully saturated rings. The van der Waals surface area contributed by atoms with Crippen LogP contribution in [-0.2, 0) is 40.0 Å². The van der Waals surface area contributed by atoms with Crippen molar-refractivity contribution < 1.29 is 17.5 Å². The third-order valence-corrected chi connectivity index (χ3v) is 5.20. The number of aliphatic imine (C=N–C) groups is 1. The first kappa shape index (κ1) is 23.8. The molecule has 0 unspecified atom stereocenters. The second-order valence-corrected chi connectivity index (χ2v) is 9.08. The summed E-state index contributed by atoms with van der Waals surface area (Å²) >= 11 is 0. The summed E-state index contributed by atoms with van der Waals surface area (Å²) in [6.45, 7) is 6.48. The van der Waals surface area contributed by atoms with Crippen LogP contribution in [0.4, 0.5) is 4.39 Å². The molecule has 0 amide bonds. The first-order chi connectivity index (χ1) is 14.3. The first-order valence-electron chi connectivity index (χ1n) is 9.94. The summed E-state index contributed by atoms with van der Waals surface area (Å²) < 4.78 is 42.6. The van der Waals surface area contributed by atoms with Gasteiger partial charge < -0.3 is 15.4 Å². The van der Waals surface area contributed by atoms with Gasteiger partial charge in [-0.1, -0.05) is 30.3 Å². The lowest BCUT2D eigenvalue weighted by molar-refractivity contribution is 0.133. The van der Waals surface area contributed by atoms with Gasteiger partial charge in [-0.05, 0) is 48.2 Å². The molecule has 0 aliphatic rings. The predicted octanol–water partition coefficient (Wildman–Crippen LogP) is 3.16. The molecule has 0 bridgehead atoms. The summed E-state index contributed by atoms with van der Waals surface area (Å²) in [4.78, 5) is 4.52. The van der Waals surface area contributed by atoms with Gasteiger partial charge in [-0.3, -0.25) is 0 Å². The molecule has 0 aliphatic heterocycles. The Balaban J connectivity index is 2.15. The lowest BCUT2D eigenvalue weighted by Gasteiger charge is -2.14. The number of nitrogens with one attached hydrogen (secondary N) is 2. The minimum absolute atomic E-state index is 0.146. The third kappa shape index (κ3) is 8.12. The van der Waals surface area contributed by atoms with E-state index in [0.717, 1.165) is 17.4 Å². The second-order valence-electron chi connectivity index (χ2n) is 6.94. The average molecular weight is 436 g/mol. The molecule has 0 aliphatic carbocycles. The number of ether oxygens (including phenoxy) is 1. The van der Waals surface area contributed by atoms with Crippen molar-refractivity contribution in [2.45, 2.75) is 39.3 Å². The lowest BCUT2D eigenvalue weighted by Crippen LogP contribution is -2.37. The largest absolute Gasteiger partial charge is 0.377 e. The van der Waals surface area contributed by atoms with Crippen molar-refractivity contribution in [2.24, 2.45) is 4.99 Å². The normalized spacial score (nSPS) is 12.1. The molecule has 6 nitrogen and oxygen atoms in total. The molecule has 30 heavy (non-hydrogen) atoms. The molecule has 0 heterocycles. The predicted molar refractivity (Wildman–Crippen MR) is 118 cm³/mol. The molecule has 2 aromatic carbocycles. The first-order valence-corrected chi connectivity index (χ1v) is 12.0. The summed E-state index contributed by atoms with van der Waals surface area (Å²) in [7, 11) is -3.23. The van der Waals surface area contributed by atoms with E-state index in [4.69, 9.17) is 4.74 Å². The van der Waals surface area contributed by atoms with Gasteiger partial charge in [0.25, 0.3) is 0 Å². The maximum absolute atomic E-state index is 13.7. The fraction of sp³-hybridized carbons (Fsp3) is 0.409. The van der Waals surface area contributed by atoms with Crippen LogP contribution >= 0.6 is 0 Å². The van der Waals surface area contributed by atoms with Gasteiger partial charge in [0.1, 0.15) is 5.82 Å². The van der Waals surface area contributed by atoms with E-state index in [-0.39, 0.29) is 12.3 Å². The van der Waals surface area contributed by atoms with Gasteiger partial charge in [0, 0.05) is 26.0 Å². The number of nitrogens with zero attached hydrogens (tertiary/aromatic N) is 1. The molecule has 0 atom stereocenters. The minimum atomic E-state index is -3.23. The summed E-state index contributed by atoms with van der Waals surface area (Å²) in [6.07, 6.45) is 1.16. The second kappa shape index (κ2) is 11.7. The lowest BCUT2D eigenvalue weighted by atomic mass is 10.1. The molecule has 0 saturated carbocycles. The quantitative estimate of drug-likeness (QED) is 0.443. The van der Waals surface area contributed by atoms with Gasteiger partial charge in [0.15, 0.2) is 15.8 Å². The maximum Gasteiger partial charge on any atom is 0.191 e. The highest BCUT2D eigenvalue weighted by Gasteiger charge is 2.11. The van der Waals surface area contributed by atoms with Crippen LogP contribution in [0.3, 0.4) is 0 Å². The van der Waals surface area contributed by atoms with Crippen LogP contribution in [0.15, 0.2) is 47.5 Å². The number of benzene rings is 2. The van der Waals surface area contributed by atoms with Gasteiger partial charge in [0.2, 0.25) is 0 Å². The van der Waals surface area contributed by atoms with Crippen molar-refractivity contribution in [3.8, 4) is 0 Å². The smallest absolute Gasteiger partial charge is 0.191 e. The van der Waals surface area contributed by atoms with E-state index >= 15 is 0 Å². The molecule has 2 aromatic rings. The van der Waals surface area contributed by atoms with Crippen molar-refractivity contribution in [1.29, 1.82) is 0 Å². The minimum Gasteiger partial charge on any atom is -0.377 e. The van der Waals surface area contributed by atoms with Crippen LogP contribution in [0.25, 0.3) is 0 Å². The van der Waals surface area contributed by atoms with Crippen molar-refractivity contribution >= 4 is 15.8 Å². The monoisotopic (exact) mass is 435 g/mol. The molecule has 0 radical (unpaired) electrons. The van der Waals surface area contributed by atoms with E-state index in [1.54, 1.807) is 0 Å². The van der Waals surface area contributed by atoms with E-state index in [2.05, 4.69) is 15.6 Å². The standard InChI is InChI=1S/C22H30FN3O3S/c1-4-24-22(25-13-17-8-6-7-9-18(17)15-29-5-2)26-14-20-12-21(23)11-10-19(20)16-30(3,27)28/h6-12H,4-5,13-16H2,1-3H3,(H2,24,25,26). The third-order valence-electron chi connectivity index (χ3n) is 4.36. The number of guanidine groups is 1. The van der Waals surface area contributed by atoms with Crippen LogP contribution in [0.2, 0.25) is 0 Å². The molecule has 0 saturated heterocycles. The molecule has 8 heteroatoms.